The van der Waals surface area contributed by atoms with Gasteiger partial charge in [0.05, 0.1) is 22.2 Å². The number of nitrogens with one attached hydrogen (secondary N) is 3. The summed E-state index contributed by atoms with van der Waals surface area (Å²) in [5.41, 5.74) is 2.22. The first-order valence-corrected chi connectivity index (χ1v) is 13.7. The van der Waals surface area contributed by atoms with Gasteiger partial charge in [-0.3, -0.25) is 9.59 Å². The lowest BCUT2D eigenvalue weighted by Gasteiger charge is -2.17. The monoisotopic (exact) mass is 555 g/mol. The Labute approximate surface area is 217 Å². The van der Waals surface area contributed by atoms with E-state index in [2.05, 4.69) is 21.1 Å². The van der Waals surface area contributed by atoms with Gasteiger partial charge in [0, 0.05) is 35.7 Å². The van der Waals surface area contributed by atoms with Crippen LogP contribution in [0, 0.1) is 0 Å². The van der Waals surface area contributed by atoms with E-state index in [1.165, 1.54) is 23.9 Å². The minimum Gasteiger partial charge on any atom is -0.393 e. The van der Waals surface area contributed by atoms with E-state index in [1.807, 2.05) is 18.2 Å². The second-order valence-corrected chi connectivity index (χ2v) is 10.8. The largest absolute Gasteiger partial charge is 0.393 e. The molecule has 1 atom stereocenters. The first kappa shape index (κ1) is 27.9. The van der Waals surface area contributed by atoms with Crippen LogP contribution in [0.2, 0.25) is 5.02 Å². The van der Waals surface area contributed by atoms with Crippen LogP contribution in [-0.4, -0.2) is 69.1 Å². The fourth-order valence-electron chi connectivity index (χ4n) is 3.14. The van der Waals surface area contributed by atoms with Crippen LogP contribution in [0.15, 0.2) is 51.3 Å². The molecule has 2 amide bonds. The molecule has 0 saturated heterocycles. The molecule has 0 aliphatic carbocycles. The van der Waals surface area contributed by atoms with Gasteiger partial charge in [-0.15, -0.1) is 11.8 Å². The van der Waals surface area contributed by atoms with E-state index in [-0.39, 0.29) is 41.1 Å². The predicted molar refractivity (Wildman–Crippen MR) is 138 cm³/mol. The number of sulfonamides is 1. The Balaban J connectivity index is 1.37. The van der Waals surface area contributed by atoms with Gasteiger partial charge in [0.25, 0.3) is 5.91 Å². The highest BCUT2D eigenvalue weighted by molar-refractivity contribution is 8.00. The van der Waals surface area contributed by atoms with E-state index < -0.39 is 22.0 Å². The van der Waals surface area contributed by atoms with E-state index in [9.17, 15) is 23.1 Å². The van der Waals surface area contributed by atoms with Gasteiger partial charge >= 0.3 is 0 Å². The fourth-order valence-corrected chi connectivity index (χ4v) is 5.00. The second kappa shape index (κ2) is 12.5. The SMILES string of the molecule is C/C(=N\OCC(O)CNCCNC(=O)c1ccc(Cl)c(S(N)(=O)=O)c1)c1ccc2c(c1)NC(=O)CS2. The summed E-state index contributed by atoms with van der Waals surface area (Å²) in [6, 6.07) is 9.42. The van der Waals surface area contributed by atoms with Crippen molar-refractivity contribution < 1.29 is 28.0 Å². The third kappa shape index (κ3) is 7.91. The van der Waals surface area contributed by atoms with Gasteiger partial charge in [0.2, 0.25) is 15.9 Å². The molecule has 36 heavy (non-hydrogen) atoms. The third-order valence-corrected chi connectivity index (χ3v) is 7.43. The summed E-state index contributed by atoms with van der Waals surface area (Å²) in [5, 5.41) is 27.5. The van der Waals surface area contributed by atoms with E-state index in [4.69, 9.17) is 21.6 Å². The summed E-state index contributed by atoms with van der Waals surface area (Å²) in [4.78, 5) is 29.7. The molecule has 194 valence electrons. The van der Waals surface area contributed by atoms with Crippen molar-refractivity contribution in [3.63, 3.8) is 0 Å². The number of oxime groups is 1. The van der Waals surface area contributed by atoms with Crippen molar-refractivity contribution in [2.75, 3.05) is 37.3 Å². The fraction of sp³-hybridized carbons (Fsp3) is 0.318. The molecule has 11 nitrogen and oxygen atoms in total. The van der Waals surface area contributed by atoms with E-state index >= 15 is 0 Å². The van der Waals surface area contributed by atoms with Crippen LogP contribution in [0.1, 0.15) is 22.8 Å². The van der Waals surface area contributed by atoms with Crippen LogP contribution in [0.5, 0.6) is 0 Å². The maximum Gasteiger partial charge on any atom is 0.251 e. The number of carbonyl (C=O) groups is 2. The molecule has 0 saturated carbocycles. The Morgan fingerprint density at radius 1 is 1.28 bits per heavy atom. The van der Waals surface area contributed by atoms with Crippen LogP contribution in [0.3, 0.4) is 0 Å². The smallest absolute Gasteiger partial charge is 0.251 e. The Morgan fingerprint density at radius 2 is 2.03 bits per heavy atom. The van der Waals surface area contributed by atoms with Crippen molar-refractivity contribution in [3.8, 4) is 0 Å². The topological polar surface area (TPSA) is 172 Å². The zero-order chi connectivity index (χ0) is 26.3. The van der Waals surface area contributed by atoms with Gasteiger partial charge in [-0.2, -0.15) is 0 Å². The van der Waals surface area contributed by atoms with Crippen LogP contribution in [0.4, 0.5) is 5.69 Å². The number of nitrogens with two attached hydrogens (primary N) is 1. The minimum absolute atomic E-state index is 0.0463. The number of carbonyl (C=O) groups excluding carboxylic acids is 2. The van der Waals surface area contributed by atoms with Gasteiger partial charge in [-0.05, 0) is 37.3 Å². The lowest BCUT2D eigenvalue weighted by atomic mass is 10.1. The maximum absolute atomic E-state index is 12.2. The first-order chi connectivity index (χ1) is 17.0. The number of thioether (sulfide) groups is 1. The van der Waals surface area contributed by atoms with Gasteiger partial charge in [0.15, 0.2) is 0 Å². The van der Waals surface area contributed by atoms with Gasteiger partial charge in [-0.1, -0.05) is 22.8 Å². The van der Waals surface area contributed by atoms with Crippen molar-refractivity contribution in [2.24, 2.45) is 10.3 Å². The zero-order valence-corrected chi connectivity index (χ0v) is 21.7. The summed E-state index contributed by atoms with van der Waals surface area (Å²) in [6.07, 6.45) is -0.843. The molecule has 0 fully saturated rings. The molecule has 1 aliphatic rings. The van der Waals surface area contributed by atoms with Gasteiger partial charge in [-0.25, -0.2) is 13.6 Å². The number of hydrogen-bond donors (Lipinski definition) is 5. The predicted octanol–water partition coefficient (Wildman–Crippen LogP) is 1.15. The number of hydrogen-bond acceptors (Lipinski definition) is 9. The van der Waals surface area contributed by atoms with Crippen LogP contribution >= 0.6 is 23.4 Å². The number of amides is 2. The highest BCUT2D eigenvalue weighted by Gasteiger charge is 2.17. The van der Waals surface area contributed by atoms with Crippen LogP contribution < -0.4 is 21.1 Å². The van der Waals surface area contributed by atoms with Crippen molar-refractivity contribution >= 4 is 56.6 Å². The standard InChI is InChI=1S/C22H26ClN5O6S2/c1-13(14-3-5-19-18(8-14)27-21(30)12-35-19)28-34-11-16(29)10-25-6-7-26-22(31)15-2-4-17(23)20(9-15)36(24,32)33/h2-5,8-9,16,25,29H,6-7,10-12H2,1H3,(H,26,31)(H,27,30)(H2,24,32,33)/b28-13+. The first-order valence-electron chi connectivity index (χ1n) is 10.8. The molecule has 14 heteroatoms. The summed E-state index contributed by atoms with van der Waals surface area (Å²) < 4.78 is 23.1. The Morgan fingerprint density at radius 3 is 2.78 bits per heavy atom. The molecule has 0 radical (unpaired) electrons. The number of benzene rings is 2. The summed E-state index contributed by atoms with van der Waals surface area (Å²) >= 11 is 7.29. The molecule has 0 aromatic heterocycles. The van der Waals surface area contributed by atoms with Crippen LogP contribution in [0.25, 0.3) is 0 Å². The van der Waals surface area contributed by atoms with Gasteiger partial charge < -0.3 is 25.9 Å². The number of aliphatic hydroxyl groups is 1. The van der Waals surface area contributed by atoms with Crippen molar-refractivity contribution in [1.82, 2.24) is 10.6 Å². The lowest BCUT2D eigenvalue weighted by Crippen LogP contribution is -2.36. The van der Waals surface area contributed by atoms with E-state index in [0.717, 1.165) is 22.2 Å². The van der Waals surface area contributed by atoms with E-state index in [1.54, 1.807) is 6.92 Å². The van der Waals surface area contributed by atoms with E-state index in [0.29, 0.717) is 18.0 Å². The quantitative estimate of drug-likeness (QED) is 0.156. The summed E-state index contributed by atoms with van der Waals surface area (Å²) in [5.74, 6) is -0.148. The molecular weight excluding hydrogens is 530 g/mol. The van der Waals surface area contributed by atoms with Crippen molar-refractivity contribution in [1.29, 1.82) is 0 Å². The molecule has 1 heterocycles. The van der Waals surface area contributed by atoms with Crippen LogP contribution in [-0.2, 0) is 19.7 Å². The highest BCUT2D eigenvalue weighted by Crippen LogP contribution is 2.32. The minimum atomic E-state index is -4.05. The molecule has 2 aromatic carbocycles. The lowest BCUT2D eigenvalue weighted by molar-refractivity contribution is -0.113. The highest BCUT2D eigenvalue weighted by atomic mass is 35.5. The molecule has 1 aliphatic heterocycles. The number of primary sulfonamides is 1. The van der Waals surface area contributed by atoms with Crippen molar-refractivity contribution in [3.05, 3.63) is 52.5 Å². The Bertz CT molecular complexity index is 1270. The Hall–Kier alpha value is -2.68. The number of aliphatic hydroxyl groups excluding tert-OH is 1. The number of fused-ring (bicyclic) bond motifs is 1. The number of halogens is 1. The number of rotatable bonds is 11. The molecule has 2 aromatic rings. The number of nitrogens with zero attached hydrogens (tertiary/aromatic N) is 1. The number of anilines is 1. The zero-order valence-electron chi connectivity index (χ0n) is 19.3. The third-order valence-electron chi connectivity index (χ3n) is 4.97. The summed E-state index contributed by atoms with van der Waals surface area (Å²) in [7, 11) is -4.05. The molecule has 0 bridgehead atoms. The molecular formula is C22H26ClN5O6S2. The normalized spacial score (nSPS) is 14.6. The molecule has 6 N–H and O–H groups in total. The second-order valence-electron chi connectivity index (χ2n) is 7.82. The average molecular weight is 556 g/mol. The molecule has 3 rings (SSSR count). The molecule has 0 spiro atoms. The summed E-state index contributed by atoms with van der Waals surface area (Å²) in [6.45, 7) is 2.49. The Kier molecular flexibility index (Phi) is 9.70. The van der Waals surface area contributed by atoms with Gasteiger partial charge in [0.1, 0.15) is 17.6 Å². The molecule has 1 unspecified atom stereocenters. The average Bonchev–Trinajstić information content (AvgIpc) is 2.82. The van der Waals surface area contributed by atoms with Crippen molar-refractivity contribution in [2.45, 2.75) is 22.8 Å². The maximum atomic E-state index is 12.2.